The molecule has 0 spiro atoms. The Morgan fingerprint density at radius 3 is 2.53 bits per heavy atom. The fourth-order valence-corrected chi connectivity index (χ4v) is 4.53. The lowest BCUT2D eigenvalue weighted by Gasteiger charge is -2.13. The van der Waals surface area contributed by atoms with E-state index >= 15 is 0 Å². The fourth-order valence-electron chi connectivity index (χ4n) is 3.83. The van der Waals surface area contributed by atoms with Crippen LogP contribution in [0.4, 0.5) is 5.82 Å². The Morgan fingerprint density at radius 2 is 1.80 bits per heavy atom. The third-order valence-electron chi connectivity index (χ3n) is 5.45. The van der Waals surface area contributed by atoms with E-state index in [2.05, 4.69) is 20.6 Å². The SMILES string of the molecule is Oc1c(Cl)cc(-c2ccc3ncc(NC(=S)NCCC4CCCC4)nc3c2)cc1Cl. The smallest absolute Gasteiger partial charge is 0.171 e. The van der Waals surface area contributed by atoms with Gasteiger partial charge in [-0.05, 0) is 59.9 Å². The van der Waals surface area contributed by atoms with Gasteiger partial charge in [0.05, 0.1) is 27.3 Å². The molecule has 0 unspecified atom stereocenters. The highest BCUT2D eigenvalue weighted by atomic mass is 35.5. The molecule has 8 heteroatoms. The Labute approximate surface area is 190 Å². The minimum atomic E-state index is -0.122. The molecule has 5 nitrogen and oxygen atoms in total. The Hall–Kier alpha value is -2.15. The molecule has 1 aliphatic rings. The molecule has 2 aromatic carbocycles. The number of phenols is 1. The van der Waals surface area contributed by atoms with E-state index in [0.29, 0.717) is 16.4 Å². The summed E-state index contributed by atoms with van der Waals surface area (Å²) in [7, 11) is 0. The van der Waals surface area contributed by atoms with Gasteiger partial charge in [0, 0.05) is 6.54 Å². The van der Waals surface area contributed by atoms with Crippen molar-refractivity contribution in [2.75, 3.05) is 11.9 Å². The first kappa shape index (κ1) is 21.1. The Morgan fingerprint density at radius 1 is 1.07 bits per heavy atom. The molecule has 1 heterocycles. The monoisotopic (exact) mass is 460 g/mol. The number of rotatable bonds is 5. The highest BCUT2D eigenvalue weighted by Crippen LogP contribution is 2.37. The van der Waals surface area contributed by atoms with E-state index in [-0.39, 0.29) is 15.8 Å². The van der Waals surface area contributed by atoms with Crippen LogP contribution < -0.4 is 10.6 Å². The quantitative estimate of drug-likeness (QED) is 0.395. The molecule has 0 aliphatic heterocycles. The first-order valence-electron chi connectivity index (χ1n) is 9.99. The van der Waals surface area contributed by atoms with E-state index in [1.807, 2.05) is 18.2 Å². The standard InChI is InChI=1S/C22H22Cl2N4OS/c23-16-9-15(10-17(24)21(16)29)14-5-6-18-19(11-14)27-20(12-26-18)28-22(30)25-8-7-13-3-1-2-4-13/h5-6,9-13,29H,1-4,7-8H2,(H2,25,27,28,30). The molecular formula is C22H22Cl2N4OS. The molecule has 3 aromatic rings. The summed E-state index contributed by atoms with van der Waals surface area (Å²) < 4.78 is 0. The lowest BCUT2D eigenvalue weighted by molar-refractivity contribution is 0.476. The van der Waals surface area contributed by atoms with Gasteiger partial charge in [0.1, 0.15) is 0 Å². The summed E-state index contributed by atoms with van der Waals surface area (Å²) in [6.07, 6.45) is 8.18. The third-order valence-corrected chi connectivity index (χ3v) is 6.27. The molecule has 4 rings (SSSR count). The first-order valence-corrected chi connectivity index (χ1v) is 11.2. The highest BCUT2D eigenvalue weighted by molar-refractivity contribution is 7.80. The molecular weight excluding hydrogens is 439 g/mol. The molecule has 0 atom stereocenters. The zero-order valence-corrected chi connectivity index (χ0v) is 18.6. The fraction of sp³-hybridized carbons (Fsp3) is 0.318. The number of nitrogens with one attached hydrogen (secondary N) is 2. The minimum Gasteiger partial charge on any atom is -0.505 e. The second kappa shape index (κ2) is 9.33. The maximum atomic E-state index is 9.78. The summed E-state index contributed by atoms with van der Waals surface area (Å²) >= 11 is 17.5. The van der Waals surface area contributed by atoms with Gasteiger partial charge in [0.25, 0.3) is 0 Å². The topological polar surface area (TPSA) is 70.1 Å². The van der Waals surface area contributed by atoms with Crippen LogP contribution in [0.15, 0.2) is 36.5 Å². The van der Waals surface area contributed by atoms with Crippen molar-refractivity contribution >= 4 is 57.4 Å². The number of thiocarbonyl (C=S) groups is 1. The summed E-state index contributed by atoms with van der Waals surface area (Å²) in [6.45, 7) is 0.865. The van der Waals surface area contributed by atoms with E-state index in [0.717, 1.165) is 35.5 Å². The second-order valence-electron chi connectivity index (χ2n) is 7.57. The number of hydrogen-bond donors (Lipinski definition) is 3. The minimum absolute atomic E-state index is 0.122. The van der Waals surface area contributed by atoms with Crippen LogP contribution in [0, 0.1) is 5.92 Å². The maximum Gasteiger partial charge on any atom is 0.171 e. The molecule has 1 saturated carbocycles. The Balaban J connectivity index is 1.47. The number of phenolic OH excluding ortho intramolecular Hbond substituents is 1. The lowest BCUT2D eigenvalue weighted by Crippen LogP contribution is -2.30. The molecule has 156 valence electrons. The zero-order chi connectivity index (χ0) is 21.1. The van der Waals surface area contributed by atoms with Crippen LogP contribution in [-0.4, -0.2) is 26.7 Å². The summed E-state index contributed by atoms with van der Waals surface area (Å²) in [6, 6.07) is 9.04. The normalized spacial score (nSPS) is 14.2. The molecule has 0 saturated heterocycles. The van der Waals surface area contributed by atoms with Crippen molar-refractivity contribution in [3.63, 3.8) is 0 Å². The predicted octanol–water partition coefficient (Wildman–Crippen LogP) is 6.18. The molecule has 0 bridgehead atoms. The maximum absolute atomic E-state index is 9.78. The number of anilines is 1. The molecule has 3 N–H and O–H groups in total. The van der Waals surface area contributed by atoms with Crippen molar-refractivity contribution < 1.29 is 5.11 Å². The van der Waals surface area contributed by atoms with Gasteiger partial charge in [0.15, 0.2) is 16.7 Å². The van der Waals surface area contributed by atoms with Crippen LogP contribution in [0.1, 0.15) is 32.1 Å². The van der Waals surface area contributed by atoms with Gasteiger partial charge >= 0.3 is 0 Å². The highest BCUT2D eigenvalue weighted by Gasteiger charge is 2.14. The van der Waals surface area contributed by atoms with Crippen molar-refractivity contribution in [1.29, 1.82) is 0 Å². The Bertz CT molecular complexity index is 1060. The van der Waals surface area contributed by atoms with Gasteiger partial charge in [-0.15, -0.1) is 0 Å². The number of halogens is 2. The van der Waals surface area contributed by atoms with Gasteiger partial charge in [-0.2, -0.15) is 0 Å². The van der Waals surface area contributed by atoms with Gasteiger partial charge in [-0.25, -0.2) is 4.98 Å². The van der Waals surface area contributed by atoms with Gasteiger partial charge in [0.2, 0.25) is 0 Å². The van der Waals surface area contributed by atoms with Crippen molar-refractivity contribution in [3.05, 3.63) is 46.6 Å². The zero-order valence-electron chi connectivity index (χ0n) is 16.3. The van der Waals surface area contributed by atoms with Crippen molar-refractivity contribution in [3.8, 4) is 16.9 Å². The number of fused-ring (bicyclic) bond motifs is 1. The summed E-state index contributed by atoms with van der Waals surface area (Å²) in [5, 5.41) is 17.1. The van der Waals surface area contributed by atoms with Crippen LogP contribution in [-0.2, 0) is 0 Å². The average molecular weight is 461 g/mol. The van der Waals surface area contributed by atoms with Gasteiger partial charge in [-0.1, -0.05) is 55.0 Å². The van der Waals surface area contributed by atoms with Crippen molar-refractivity contribution in [2.45, 2.75) is 32.1 Å². The van der Waals surface area contributed by atoms with Gasteiger partial charge in [-0.3, -0.25) is 4.98 Å². The van der Waals surface area contributed by atoms with Crippen molar-refractivity contribution in [2.24, 2.45) is 5.92 Å². The molecule has 1 aromatic heterocycles. The second-order valence-corrected chi connectivity index (χ2v) is 8.79. The van der Waals surface area contributed by atoms with E-state index in [1.54, 1.807) is 18.3 Å². The van der Waals surface area contributed by atoms with Crippen LogP contribution in [0.25, 0.3) is 22.2 Å². The van der Waals surface area contributed by atoms with Gasteiger partial charge < -0.3 is 15.7 Å². The first-order chi connectivity index (χ1) is 14.5. The molecule has 0 radical (unpaired) electrons. The number of nitrogens with zero attached hydrogens (tertiary/aromatic N) is 2. The van der Waals surface area contributed by atoms with E-state index in [1.165, 1.54) is 25.7 Å². The van der Waals surface area contributed by atoms with E-state index in [9.17, 15) is 5.11 Å². The van der Waals surface area contributed by atoms with E-state index < -0.39 is 0 Å². The summed E-state index contributed by atoms with van der Waals surface area (Å²) in [5.41, 5.74) is 3.14. The summed E-state index contributed by atoms with van der Waals surface area (Å²) in [5.74, 6) is 1.28. The molecule has 0 amide bonds. The number of aromatic nitrogens is 2. The van der Waals surface area contributed by atoms with Crippen LogP contribution in [0.2, 0.25) is 10.0 Å². The van der Waals surface area contributed by atoms with E-state index in [4.69, 9.17) is 35.4 Å². The molecule has 30 heavy (non-hydrogen) atoms. The van der Waals surface area contributed by atoms with Crippen LogP contribution in [0.3, 0.4) is 0 Å². The number of benzene rings is 2. The largest absolute Gasteiger partial charge is 0.505 e. The molecule has 1 fully saturated rings. The average Bonchev–Trinajstić information content (AvgIpc) is 3.24. The molecule has 1 aliphatic carbocycles. The predicted molar refractivity (Wildman–Crippen MR) is 127 cm³/mol. The third kappa shape index (κ3) is 4.94. The number of aromatic hydroxyl groups is 1. The van der Waals surface area contributed by atoms with Crippen LogP contribution in [0.5, 0.6) is 5.75 Å². The lowest BCUT2D eigenvalue weighted by atomic mass is 10.0. The number of hydrogen-bond acceptors (Lipinski definition) is 4. The van der Waals surface area contributed by atoms with Crippen molar-refractivity contribution in [1.82, 2.24) is 15.3 Å². The van der Waals surface area contributed by atoms with Crippen LogP contribution >= 0.6 is 35.4 Å². The Kier molecular flexibility index (Phi) is 6.56. The summed E-state index contributed by atoms with van der Waals surface area (Å²) in [4.78, 5) is 9.09.